The van der Waals surface area contributed by atoms with Crippen molar-refractivity contribution in [1.82, 2.24) is 5.32 Å². The molecule has 0 saturated heterocycles. The summed E-state index contributed by atoms with van der Waals surface area (Å²) in [5.74, 6) is -0.224. The monoisotopic (exact) mass is 254 g/mol. The number of aryl methyl sites for hydroxylation is 1. The normalized spacial score (nSPS) is 14.5. The average molecular weight is 254 g/mol. The summed E-state index contributed by atoms with van der Waals surface area (Å²) < 4.78 is 13.8. The molecule has 0 aromatic heterocycles. The molecule has 0 aliphatic rings. The molecule has 0 radical (unpaired) electrons. The molecule has 0 bridgehead atoms. The zero-order valence-electron chi connectivity index (χ0n) is 11.1. The standard InChI is InChI=1S/C14H23FN2O/c1-10-5-6-13(15)12(8-10)14(9-16)17-11(2)4-3-7-18/h5-6,8,11,14,17-18H,3-4,7,9,16H2,1-2H3. The smallest absolute Gasteiger partial charge is 0.128 e. The third-order valence-electron chi connectivity index (χ3n) is 3.04. The van der Waals surface area contributed by atoms with Crippen molar-refractivity contribution < 1.29 is 9.50 Å². The van der Waals surface area contributed by atoms with Crippen LogP contribution in [-0.2, 0) is 0 Å². The highest BCUT2D eigenvalue weighted by Gasteiger charge is 2.16. The van der Waals surface area contributed by atoms with Crippen molar-refractivity contribution in [2.75, 3.05) is 13.2 Å². The molecule has 0 saturated carbocycles. The number of nitrogens with two attached hydrogens (primary N) is 1. The van der Waals surface area contributed by atoms with E-state index in [-0.39, 0.29) is 24.5 Å². The van der Waals surface area contributed by atoms with Crippen LogP contribution in [0.2, 0.25) is 0 Å². The molecule has 4 N–H and O–H groups in total. The average Bonchev–Trinajstić information content (AvgIpc) is 2.36. The molecule has 0 heterocycles. The van der Waals surface area contributed by atoms with Crippen LogP contribution in [-0.4, -0.2) is 24.3 Å². The van der Waals surface area contributed by atoms with Crippen LogP contribution in [0, 0.1) is 12.7 Å². The van der Waals surface area contributed by atoms with E-state index in [0.29, 0.717) is 12.1 Å². The number of aliphatic hydroxyl groups excluding tert-OH is 1. The number of nitrogens with one attached hydrogen (secondary N) is 1. The lowest BCUT2D eigenvalue weighted by atomic mass is 10.0. The minimum absolute atomic E-state index is 0.179. The van der Waals surface area contributed by atoms with Gasteiger partial charge in [-0.05, 0) is 32.8 Å². The maximum absolute atomic E-state index is 13.8. The molecule has 4 heteroatoms. The zero-order valence-corrected chi connectivity index (χ0v) is 11.1. The number of aliphatic hydroxyl groups is 1. The molecule has 0 amide bonds. The van der Waals surface area contributed by atoms with Crippen molar-refractivity contribution in [1.29, 1.82) is 0 Å². The summed E-state index contributed by atoms with van der Waals surface area (Å²) in [6, 6.07) is 5.08. The Morgan fingerprint density at radius 2 is 2.17 bits per heavy atom. The van der Waals surface area contributed by atoms with E-state index in [0.717, 1.165) is 18.4 Å². The molecule has 0 fully saturated rings. The van der Waals surface area contributed by atoms with E-state index in [1.807, 2.05) is 19.9 Å². The molecule has 0 spiro atoms. The zero-order chi connectivity index (χ0) is 13.5. The Balaban J connectivity index is 2.73. The molecule has 102 valence electrons. The second-order valence-corrected chi connectivity index (χ2v) is 4.75. The first-order valence-corrected chi connectivity index (χ1v) is 6.41. The fourth-order valence-electron chi connectivity index (χ4n) is 2.04. The van der Waals surface area contributed by atoms with Crippen LogP contribution in [0.5, 0.6) is 0 Å². The number of hydrogen-bond acceptors (Lipinski definition) is 3. The van der Waals surface area contributed by atoms with E-state index in [2.05, 4.69) is 5.32 Å². The van der Waals surface area contributed by atoms with Gasteiger partial charge in [0.15, 0.2) is 0 Å². The van der Waals surface area contributed by atoms with Crippen LogP contribution in [0.3, 0.4) is 0 Å². The van der Waals surface area contributed by atoms with Crippen molar-refractivity contribution in [2.24, 2.45) is 5.73 Å². The summed E-state index contributed by atoms with van der Waals surface area (Å²) in [4.78, 5) is 0. The Bertz CT molecular complexity index is 371. The lowest BCUT2D eigenvalue weighted by Crippen LogP contribution is -2.35. The third kappa shape index (κ3) is 4.37. The summed E-state index contributed by atoms with van der Waals surface area (Å²) in [7, 11) is 0. The summed E-state index contributed by atoms with van der Waals surface area (Å²) in [6.07, 6.45) is 1.59. The van der Waals surface area contributed by atoms with E-state index in [1.54, 1.807) is 6.07 Å². The van der Waals surface area contributed by atoms with Crippen molar-refractivity contribution in [3.05, 3.63) is 35.1 Å². The van der Waals surface area contributed by atoms with E-state index >= 15 is 0 Å². The van der Waals surface area contributed by atoms with Gasteiger partial charge in [0.2, 0.25) is 0 Å². The van der Waals surface area contributed by atoms with Gasteiger partial charge in [0.1, 0.15) is 5.82 Å². The van der Waals surface area contributed by atoms with E-state index in [4.69, 9.17) is 10.8 Å². The first-order chi connectivity index (χ1) is 8.58. The predicted molar refractivity (Wildman–Crippen MR) is 71.8 cm³/mol. The Kier molecular flexibility index (Phi) is 6.25. The fourth-order valence-corrected chi connectivity index (χ4v) is 2.04. The first-order valence-electron chi connectivity index (χ1n) is 6.41. The van der Waals surface area contributed by atoms with Crippen molar-refractivity contribution in [3.63, 3.8) is 0 Å². The van der Waals surface area contributed by atoms with Crippen molar-refractivity contribution in [2.45, 2.75) is 38.8 Å². The molecule has 0 aliphatic carbocycles. The van der Waals surface area contributed by atoms with Crippen LogP contribution in [0.4, 0.5) is 4.39 Å². The van der Waals surface area contributed by atoms with Gasteiger partial charge in [-0.1, -0.05) is 17.7 Å². The molecule has 18 heavy (non-hydrogen) atoms. The van der Waals surface area contributed by atoms with Gasteiger partial charge in [-0.3, -0.25) is 0 Å². The molecule has 1 rings (SSSR count). The maximum atomic E-state index is 13.8. The fraction of sp³-hybridized carbons (Fsp3) is 0.571. The third-order valence-corrected chi connectivity index (χ3v) is 3.04. The predicted octanol–water partition coefficient (Wildman–Crippen LogP) is 1.88. The topological polar surface area (TPSA) is 58.3 Å². The highest BCUT2D eigenvalue weighted by Crippen LogP contribution is 2.19. The van der Waals surface area contributed by atoms with Gasteiger partial charge in [0.05, 0.1) is 0 Å². The Hall–Kier alpha value is -0.970. The molecule has 0 aliphatic heterocycles. The van der Waals surface area contributed by atoms with Gasteiger partial charge in [-0.15, -0.1) is 0 Å². The molecule has 1 aromatic rings. The number of halogens is 1. The van der Waals surface area contributed by atoms with Gasteiger partial charge in [0, 0.05) is 30.8 Å². The molecular formula is C14H23FN2O. The molecule has 1 aromatic carbocycles. The summed E-state index contributed by atoms with van der Waals surface area (Å²) in [5.41, 5.74) is 7.36. The van der Waals surface area contributed by atoms with Gasteiger partial charge in [0.25, 0.3) is 0 Å². The van der Waals surface area contributed by atoms with Gasteiger partial charge in [-0.2, -0.15) is 0 Å². The first kappa shape index (κ1) is 15.1. The Morgan fingerprint density at radius 3 is 2.78 bits per heavy atom. The van der Waals surface area contributed by atoms with Crippen LogP contribution in [0.1, 0.15) is 36.9 Å². The molecule has 2 atom stereocenters. The van der Waals surface area contributed by atoms with Crippen molar-refractivity contribution in [3.8, 4) is 0 Å². The van der Waals surface area contributed by atoms with Crippen molar-refractivity contribution >= 4 is 0 Å². The summed E-state index contributed by atoms with van der Waals surface area (Å²) >= 11 is 0. The SMILES string of the molecule is Cc1ccc(F)c(C(CN)NC(C)CCCO)c1. The lowest BCUT2D eigenvalue weighted by Gasteiger charge is -2.23. The number of benzene rings is 1. The maximum Gasteiger partial charge on any atom is 0.128 e. The largest absolute Gasteiger partial charge is 0.396 e. The van der Waals surface area contributed by atoms with Crippen LogP contribution in [0.25, 0.3) is 0 Å². The van der Waals surface area contributed by atoms with Crippen LogP contribution < -0.4 is 11.1 Å². The Labute approximate surface area is 108 Å². The molecule has 2 unspecified atom stereocenters. The van der Waals surface area contributed by atoms with E-state index < -0.39 is 0 Å². The van der Waals surface area contributed by atoms with E-state index in [9.17, 15) is 4.39 Å². The summed E-state index contributed by atoms with van der Waals surface area (Å²) in [6.45, 7) is 4.49. The van der Waals surface area contributed by atoms with E-state index in [1.165, 1.54) is 6.07 Å². The second kappa shape index (κ2) is 7.46. The lowest BCUT2D eigenvalue weighted by molar-refractivity contribution is 0.273. The quantitative estimate of drug-likeness (QED) is 0.696. The molecule has 3 nitrogen and oxygen atoms in total. The minimum Gasteiger partial charge on any atom is -0.396 e. The number of rotatable bonds is 7. The highest BCUT2D eigenvalue weighted by atomic mass is 19.1. The minimum atomic E-state index is -0.224. The highest BCUT2D eigenvalue weighted by molar-refractivity contribution is 5.27. The van der Waals surface area contributed by atoms with Gasteiger partial charge < -0.3 is 16.2 Å². The van der Waals surface area contributed by atoms with Gasteiger partial charge in [-0.25, -0.2) is 4.39 Å². The van der Waals surface area contributed by atoms with Crippen LogP contribution in [0.15, 0.2) is 18.2 Å². The Morgan fingerprint density at radius 1 is 1.44 bits per heavy atom. The second-order valence-electron chi connectivity index (χ2n) is 4.75. The molecular weight excluding hydrogens is 231 g/mol. The van der Waals surface area contributed by atoms with Gasteiger partial charge >= 0.3 is 0 Å². The number of hydrogen-bond donors (Lipinski definition) is 3. The van der Waals surface area contributed by atoms with Crippen LogP contribution >= 0.6 is 0 Å². The summed E-state index contributed by atoms with van der Waals surface area (Å²) in [5, 5.41) is 12.1.